The summed E-state index contributed by atoms with van der Waals surface area (Å²) in [7, 11) is 0. The molecule has 0 amide bonds. The number of rotatable bonds is 8. The highest BCUT2D eigenvalue weighted by atomic mass is 19.1. The van der Waals surface area contributed by atoms with Crippen LogP contribution in [0.1, 0.15) is 42.9 Å². The van der Waals surface area contributed by atoms with Crippen molar-refractivity contribution in [1.82, 2.24) is 4.98 Å². The number of aliphatic carboxylic acids is 1. The molecule has 0 saturated heterocycles. The van der Waals surface area contributed by atoms with E-state index in [4.69, 9.17) is 10.1 Å². The second kappa shape index (κ2) is 8.96. The number of carboxylic acids is 1. The van der Waals surface area contributed by atoms with E-state index in [0.29, 0.717) is 5.92 Å². The fourth-order valence-corrected chi connectivity index (χ4v) is 3.86. The molecule has 1 unspecified atom stereocenters. The number of aliphatic hydroxyl groups excluding tert-OH is 2. The van der Waals surface area contributed by atoms with Crippen molar-refractivity contribution in [3.8, 4) is 11.1 Å². The Bertz CT molecular complexity index is 1120. The first-order valence-electron chi connectivity index (χ1n) is 10.4. The van der Waals surface area contributed by atoms with Crippen LogP contribution >= 0.6 is 0 Å². The number of aliphatic hydroxyl groups is 2. The van der Waals surface area contributed by atoms with Crippen LogP contribution in [0.2, 0.25) is 0 Å². The van der Waals surface area contributed by atoms with Crippen molar-refractivity contribution < 1.29 is 24.5 Å². The highest BCUT2D eigenvalue weighted by Gasteiger charge is 2.29. The number of fused-ring (bicyclic) bond motifs is 1. The van der Waals surface area contributed by atoms with Crippen molar-refractivity contribution in [2.24, 2.45) is 0 Å². The number of carbonyl (C=O) groups is 1. The predicted octanol–water partition coefficient (Wildman–Crippen LogP) is 4.52. The highest BCUT2D eigenvalue weighted by Crippen LogP contribution is 2.45. The van der Waals surface area contributed by atoms with Gasteiger partial charge in [0.15, 0.2) is 0 Å². The molecular weight excluding hydrogens is 397 g/mol. The molecule has 2 aromatic carbocycles. The zero-order valence-corrected chi connectivity index (χ0v) is 16.9. The molecule has 5 nitrogen and oxygen atoms in total. The summed E-state index contributed by atoms with van der Waals surface area (Å²) in [5, 5.41) is 29.9. The van der Waals surface area contributed by atoms with Crippen molar-refractivity contribution in [2.75, 3.05) is 0 Å². The largest absolute Gasteiger partial charge is 0.481 e. The number of para-hydroxylation sites is 1. The van der Waals surface area contributed by atoms with E-state index in [-0.39, 0.29) is 12.2 Å². The van der Waals surface area contributed by atoms with Crippen LogP contribution in [0.25, 0.3) is 28.1 Å². The van der Waals surface area contributed by atoms with E-state index in [1.165, 1.54) is 12.1 Å². The highest BCUT2D eigenvalue weighted by molar-refractivity contribution is 5.99. The van der Waals surface area contributed by atoms with Crippen LogP contribution in [0.3, 0.4) is 0 Å². The lowest BCUT2D eigenvalue weighted by Gasteiger charge is -2.16. The molecule has 160 valence electrons. The number of benzene rings is 2. The lowest BCUT2D eigenvalue weighted by atomic mass is 9.92. The number of hydrogen-bond donors (Lipinski definition) is 3. The second-order valence-electron chi connectivity index (χ2n) is 8.00. The molecule has 31 heavy (non-hydrogen) atoms. The van der Waals surface area contributed by atoms with Crippen LogP contribution < -0.4 is 0 Å². The third-order valence-electron chi connectivity index (χ3n) is 5.47. The molecule has 6 heteroatoms. The van der Waals surface area contributed by atoms with Gasteiger partial charge in [0.2, 0.25) is 0 Å². The first-order valence-corrected chi connectivity index (χ1v) is 10.4. The zero-order chi connectivity index (χ0) is 22.0. The Balaban J connectivity index is 1.79. The molecule has 0 bridgehead atoms. The van der Waals surface area contributed by atoms with Crippen molar-refractivity contribution in [3.05, 3.63) is 71.7 Å². The molecule has 4 rings (SSSR count). The minimum absolute atomic E-state index is 0.0749. The molecule has 1 aliphatic carbocycles. The molecule has 1 fully saturated rings. The van der Waals surface area contributed by atoms with Crippen LogP contribution in [0.15, 0.2) is 54.6 Å². The first kappa shape index (κ1) is 21.2. The van der Waals surface area contributed by atoms with Gasteiger partial charge in [0.05, 0.1) is 29.8 Å². The number of halogens is 1. The van der Waals surface area contributed by atoms with E-state index in [9.17, 15) is 19.4 Å². The molecule has 1 heterocycles. The number of hydrogen-bond acceptors (Lipinski definition) is 4. The summed E-state index contributed by atoms with van der Waals surface area (Å²) in [5.74, 6) is -1.10. The topological polar surface area (TPSA) is 90.7 Å². The minimum atomic E-state index is -1.13. The molecule has 1 saturated carbocycles. The van der Waals surface area contributed by atoms with Gasteiger partial charge in [0, 0.05) is 28.9 Å². The van der Waals surface area contributed by atoms with Crippen LogP contribution in [0.5, 0.6) is 0 Å². The Hall–Kier alpha value is -3.09. The Morgan fingerprint density at radius 3 is 2.52 bits per heavy atom. The quantitative estimate of drug-likeness (QED) is 0.498. The summed E-state index contributed by atoms with van der Waals surface area (Å²) in [6.45, 7) is 0. The summed E-state index contributed by atoms with van der Waals surface area (Å²) >= 11 is 0. The second-order valence-corrected chi connectivity index (χ2v) is 8.00. The van der Waals surface area contributed by atoms with Gasteiger partial charge in [0.25, 0.3) is 0 Å². The van der Waals surface area contributed by atoms with Gasteiger partial charge in [-0.05, 0) is 36.6 Å². The van der Waals surface area contributed by atoms with E-state index in [1.807, 2.05) is 24.3 Å². The van der Waals surface area contributed by atoms with Gasteiger partial charge in [-0.15, -0.1) is 0 Å². The predicted molar refractivity (Wildman–Crippen MR) is 117 cm³/mol. The van der Waals surface area contributed by atoms with Gasteiger partial charge in [-0.2, -0.15) is 0 Å². The van der Waals surface area contributed by atoms with E-state index < -0.39 is 24.6 Å². The first-order chi connectivity index (χ1) is 14.9. The van der Waals surface area contributed by atoms with Crippen LogP contribution in [-0.4, -0.2) is 38.5 Å². The van der Waals surface area contributed by atoms with Gasteiger partial charge in [-0.1, -0.05) is 42.5 Å². The zero-order valence-electron chi connectivity index (χ0n) is 16.9. The number of carboxylic acid groups (broad SMARTS) is 1. The Morgan fingerprint density at radius 2 is 1.84 bits per heavy atom. The number of pyridine rings is 1. The molecule has 3 N–H and O–H groups in total. The van der Waals surface area contributed by atoms with Crippen molar-refractivity contribution in [1.29, 1.82) is 0 Å². The lowest BCUT2D eigenvalue weighted by molar-refractivity contribution is -0.139. The molecule has 1 aromatic heterocycles. The fraction of sp³-hybridized carbons (Fsp3) is 0.280. The van der Waals surface area contributed by atoms with Gasteiger partial charge in [-0.3, -0.25) is 9.78 Å². The van der Waals surface area contributed by atoms with Gasteiger partial charge in [-0.25, -0.2) is 4.39 Å². The SMILES string of the molecule is O=C(O)CC(O)C[C@H](O)C=Cc1c(C2CC2)nc2ccccc2c1-c1ccc(F)cc1. The Labute approximate surface area is 179 Å². The standard InChI is InChI=1S/C25H24FNO4/c26-17-9-7-15(8-10-17)24-20-3-1-2-4-22(20)27-25(16-5-6-16)21(24)12-11-18(28)13-19(29)14-23(30)31/h1-4,7-12,16,18-19,28-29H,5-6,13-14H2,(H,30,31)/t18-,19?/m1/s1. The maximum absolute atomic E-state index is 13.6. The molecule has 0 spiro atoms. The van der Waals surface area contributed by atoms with Crippen molar-refractivity contribution in [3.63, 3.8) is 0 Å². The van der Waals surface area contributed by atoms with Gasteiger partial charge in [0.1, 0.15) is 5.82 Å². The monoisotopic (exact) mass is 421 g/mol. The summed E-state index contributed by atoms with van der Waals surface area (Å²) in [6, 6.07) is 14.1. The number of aromatic nitrogens is 1. The van der Waals surface area contributed by atoms with Gasteiger partial charge < -0.3 is 15.3 Å². The van der Waals surface area contributed by atoms with Crippen LogP contribution in [0, 0.1) is 5.82 Å². The van der Waals surface area contributed by atoms with Crippen molar-refractivity contribution >= 4 is 22.9 Å². The normalized spacial score (nSPS) is 16.0. The molecule has 2 atom stereocenters. The van der Waals surface area contributed by atoms with E-state index >= 15 is 0 Å². The van der Waals surface area contributed by atoms with Crippen molar-refractivity contribution in [2.45, 2.75) is 43.8 Å². The Morgan fingerprint density at radius 1 is 1.13 bits per heavy atom. The Kier molecular flexibility index (Phi) is 6.11. The molecule has 3 aromatic rings. The third-order valence-corrected chi connectivity index (χ3v) is 5.47. The van der Waals surface area contributed by atoms with Gasteiger partial charge >= 0.3 is 5.97 Å². The van der Waals surface area contributed by atoms with Crippen LogP contribution in [0.4, 0.5) is 4.39 Å². The number of nitrogens with zero attached hydrogens (tertiary/aromatic N) is 1. The summed E-state index contributed by atoms with van der Waals surface area (Å²) in [6.07, 6.45) is 2.80. The maximum Gasteiger partial charge on any atom is 0.305 e. The maximum atomic E-state index is 13.6. The summed E-state index contributed by atoms with van der Waals surface area (Å²) in [4.78, 5) is 15.6. The molecular formula is C25H24FNO4. The average molecular weight is 421 g/mol. The van der Waals surface area contributed by atoms with Crippen LogP contribution in [-0.2, 0) is 4.79 Å². The molecule has 0 radical (unpaired) electrons. The minimum Gasteiger partial charge on any atom is -0.481 e. The van der Waals surface area contributed by atoms with E-state index in [2.05, 4.69) is 0 Å². The van der Waals surface area contributed by atoms with E-state index in [1.54, 1.807) is 24.3 Å². The lowest BCUT2D eigenvalue weighted by Crippen LogP contribution is -2.19. The molecule has 1 aliphatic rings. The molecule has 0 aliphatic heterocycles. The summed E-state index contributed by atoms with van der Waals surface area (Å²) in [5.41, 5.74) is 4.43. The van der Waals surface area contributed by atoms with E-state index in [0.717, 1.165) is 46.1 Å². The average Bonchev–Trinajstić information content (AvgIpc) is 3.56. The summed E-state index contributed by atoms with van der Waals surface area (Å²) < 4.78 is 13.6. The smallest absolute Gasteiger partial charge is 0.305 e. The fourth-order valence-electron chi connectivity index (χ4n) is 3.86. The third kappa shape index (κ3) is 4.98.